The van der Waals surface area contributed by atoms with Gasteiger partial charge in [0, 0.05) is 36.9 Å². The van der Waals surface area contributed by atoms with Crippen molar-refractivity contribution in [1.29, 1.82) is 5.26 Å². The summed E-state index contributed by atoms with van der Waals surface area (Å²) in [5, 5.41) is 11.7. The van der Waals surface area contributed by atoms with Gasteiger partial charge in [0.25, 0.3) is 0 Å². The Labute approximate surface area is 374 Å². The van der Waals surface area contributed by atoms with Gasteiger partial charge in [-0.05, 0) is 109 Å². The van der Waals surface area contributed by atoms with Crippen molar-refractivity contribution in [3.05, 3.63) is 234 Å². The summed E-state index contributed by atoms with van der Waals surface area (Å²) in [5.41, 5.74) is 18.2. The molecular weight excluding hydrogens is 797 g/mol. The largest absolute Gasteiger partial charge is 0.208 e. The molecular formula is C59H34N4S. The fourth-order valence-electron chi connectivity index (χ4n) is 10.3. The van der Waals surface area contributed by atoms with E-state index in [9.17, 15) is 5.26 Å². The number of hydrogen-bond donors (Lipinski definition) is 0. The lowest BCUT2D eigenvalue weighted by Crippen LogP contribution is -2.25. The molecule has 0 saturated heterocycles. The first kappa shape index (κ1) is 36.4. The highest BCUT2D eigenvalue weighted by Gasteiger charge is 2.51. The molecule has 9 aromatic carbocycles. The maximum Gasteiger partial charge on any atom is 0.164 e. The van der Waals surface area contributed by atoms with Crippen molar-refractivity contribution in [3.8, 4) is 84.7 Å². The van der Waals surface area contributed by atoms with Gasteiger partial charge in [0.1, 0.15) is 0 Å². The summed E-state index contributed by atoms with van der Waals surface area (Å²) in [6.45, 7) is 0. The second-order valence-electron chi connectivity index (χ2n) is 16.6. The Hall–Kier alpha value is -8.30. The van der Waals surface area contributed by atoms with Gasteiger partial charge in [-0.2, -0.15) is 5.26 Å². The standard InChI is InChI=1S/C59H34N4S/c60-35-36-24-29-54-49(30-36)47-27-25-43(34-55(47)64-54)58-62-56(37-12-2-1-3-13-37)61-57(63-58)42-17-11-16-40(32-42)38-14-10-15-39(31-38)41-26-28-53-48(33-41)46-20-6-9-23-52(46)59(53)50-21-7-4-18-44(50)45-19-5-8-22-51(45)59/h1-34H. The number of fused-ring (bicyclic) bond motifs is 13. The summed E-state index contributed by atoms with van der Waals surface area (Å²) >= 11 is 1.71. The molecule has 0 N–H and O–H groups in total. The minimum atomic E-state index is -0.357. The number of nitrogens with zero attached hydrogens (tertiary/aromatic N) is 4. The molecule has 2 aromatic heterocycles. The summed E-state index contributed by atoms with van der Waals surface area (Å²) < 4.78 is 2.26. The maximum absolute atomic E-state index is 9.54. The van der Waals surface area contributed by atoms with Gasteiger partial charge in [-0.3, -0.25) is 0 Å². The maximum atomic E-state index is 9.54. The molecule has 0 fully saturated rings. The summed E-state index contributed by atoms with van der Waals surface area (Å²) in [6.07, 6.45) is 0. The van der Waals surface area contributed by atoms with E-state index in [1.165, 1.54) is 50.1 Å². The van der Waals surface area contributed by atoms with Crippen LogP contribution in [0.1, 0.15) is 27.8 Å². The van der Waals surface area contributed by atoms with Crippen LogP contribution in [0.15, 0.2) is 206 Å². The van der Waals surface area contributed by atoms with E-state index in [1.54, 1.807) is 11.3 Å². The predicted octanol–water partition coefficient (Wildman–Crippen LogP) is 14.8. The van der Waals surface area contributed by atoms with E-state index in [1.807, 2.05) is 48.5 Å². The summed E-state index contributed by atoms with van der Waals surface area (Å²) in [4.78, 5) is 15.2. The first-order valence-corrected chi connectivity index (χ1v) is 22.3. The van der Waals surface area contributed by atoms with Crippen molar-refractivity contribution in [1.82, 2.24) is 15.0 Å². The molecule has 0 radical (unpaired) electrons. The highest BCUT2D eigenvalue weighted by Crippen LogP contribution is 2.63. The van der Waals surface area contributed by atoms with E-state index in [0.717, 1.165) is 53.6 Å². The zero-order valence-corrected chi connectivity index (χ0v) is 35.1. The van der Waals surface area contributed by atoms with Crippen molar-refractivity contribution >= 4 is 31.5 Å². The van der Waals surface area contributed by atoms with Crippen molar-refractivity contribution in [2.45, 2.75) is 5.41 Å². The van der Waals surface area contributed by atoms with Crippen LogP contribution in [-0.4, -0.2) is 15.0 Å². The molecule has 0 saturated carbocycles. The highest BCUT2D eigenvalue weighted by atomic mass is 32.1. The second kappa shape index (κ2) is 14.1. The quantitative estimate of drug-likeness (QED) is 0.173. The van der Waals surface area contributed by atoms with E-state index in [-0.39, 0.29) is 5.41 Å². The lowest BCUT2D eigenvalue weighted by Gasteiger charge is -2.30. The molecule has 0 amide bonds. The minimum absolute atomic E-state index is 0.357. The molecule has 2 aliphatic carbocycles. The Morgan fingerprint density at radius 2 is 0.828 bits per heavy atom. The van der Waals surface area contributed by atoms with Gasteiger partial charge >= 0.3 is 0 Å². The zero-order valence-electron chi connectivity index (χ0n) is 34.3. The van der Waals surface area contributed by atoms with Crippen molar-refractivity contribution in [2.75, 3.05) is 0 Å². The van der Waals surface area contributed by atoms with Gasteiger partial charge in [0.15, 0.2) is 17.5 Å². The van der Waals surface area contributed by atoms with E-state index < -0.39 is 0 Å². The van der Waals surface area contributed by atoms with Crippen LogP contribution in [0.4, 0.5) is 0 Å². The van der Waals surface area contributed by atoms with Crippen LogP contribution in [0.3, 0.4) is 0 Å². The molecule has 2 heterocycles. The second-order valence-corrected chi connectivity index (χ2v) is 17.7. The van der Waals surface area contributed by atoms with E-state index in [4.69, 9.17) is 15.0 Å². The topological polar surface area (TPSA) is 62.5 Å². The van der Waals surface area contributed by atoms with E-state index in [0.29, 0.717) is 23.0 Å². The molecule has 11 aromatic rings. The third-order valence-electron chi connectivity index (χ3n) is 13.2. The molecule has 4 nitrogen and oxygen atoms in total. The molecule has 0 bridgehead atoms. The van der Waals surface area contributed by atoms with Crippen molar-refractivity contribution in [3.63, 3.8) is 0 Å². The van der Waals surface area contributed by atoms with Crippen LogP contribution in [0.25, 0.3) is 98.8 Å². The van der Waals surface area contributed by atoms with Gasteiger partial charge in [0.2, 0.25) is 0 Å². The fraction of sp³-hybridized carbons (Fsp3) is 0.0169. The normalized spacial score (nSPS) is 12.8. The lowest BCUT2D eigenvalue weighted by atomic mass is 9.70. The average molecular weight is 831 g/mol. The molecule has 0 unspecified atom stereocenters. The Morgan fingerprint density at radius 1 is 0.344 bits per heavy atom. The number of thiophene rings is 1. The minimum Gasteiger partial charge on any atom is -0.208 e. The number of aromatic nitrogens is 3. The zero-order chi connectivity index (χ0) is 42.4. The van der Waals surface area contributed by atoms with Crippen LogP contribution < -0.4 is 0 Å². The Kier molecular flexibility index (Phi) is 8.02. The molecule has 296 valence electrons. The average Bonchev–Trinajstić information content (AvgIpc) is 3.99. The van der Waals surface area contributed by atoms with Gasteiger partial charge < -0.3 is 0 Å². The first-order valence-electron chi connectivity index (χ1n) is 21.5. The Bertz CT molecular complexity index is 3720. The van der Waals surface area contributed by atoms with Crippen LogP contribution in [0.2, 0.25) is 0 Å². The predicted molar refractivity (Wildman–Crippen MR) is 261 cm³/mol. The first-order chi connectivity index (χ1) is 31.6. The number of rotatable bonds is 5. The van der Waals surface area contributed by atoms with Gasteiger partial charge in [-0.25, -0.2) is 15.0 Å². The van der Waals surface area contributed by atoms with Gasteiger partial charge in [-0.1, -0.05) is 164 Å². The molecule has 13 rings (SSSR count). The van der Waals surface area contributed by atoms with Gasteiger partial charge in [-0.15, -0.1) is 11.3 Å². The molecule has 64 heavy (non-hydrogen) atoms. The summed E-state index contributed by atoms with van der Waals surface area (Å²) in [6, 6.07) is 75.9. The van der Waals surface area contributed by atoms with Crippen LogP contribution >= 0.6 is 11.3 Å². The third kappa shape index (κ3) is 5.43. The molecule has 0 atom stereocenters. The third-order valence-corrected chi connectivity index (χ3v) is 14.3. The van der Waals surface area contributed by atoms with Gasteiger partial charge in [0.05, 0.1) is 17.0 Å². The smallest absolute Gasteiger partial charge is 0.164 e. The molecule has 2 aliphatic rings. The molecule has 5 heteroatoms. The fourth-order valence-corrected chi connectivity index (χ4v) is 11.5. The van der Waals surface area contributed by atoms with Crippen LogP contribution in [-0.2, 0) is 5.41 Å². The number of hydrogen-bond acceptors (Lipinski definition) is 5. The number of benzene rings is 9. The van der Waals surface area contributed by atoms with Crippen molar-refractivity contribution < 1.29 is 0 Å². The lowest BCUT2D eigenvalue weighted by molar-refractivity contribution is 0.794. The van der Waals surface area contributed by atoms with E-state index >= 15 is 0 Å². The summed E-state index contributed by atoms with van der Waals surface area (Å²) in [5.74, 6) is 1.84. The monoisotopic (exact) mass is 830 g/mol. The van der Waals surface area contributed by atoms with E-state index in [2.05, 4.69) is 164 Å². The molecule has 1 spiro atoms. The molecule has 0 aliphatic heterocycles. The Balaban J connectivity index is 0.895. The van der Waals surface area contributed by atoms with Crippen LogP contribution in [0, 0.1) is 11.3 Å². The van der Waals surface area contributed by atoms with Crippen molar-refractivity contribution in [2.24, 2.45) is 0 Å². The summed E-state index contributed by atoms with van der Waals surface area (Å²) in [7, 11) is 0. The highest BCUT2D eigenvalue weighted by molar-refractivity contribution is 7.25. The van der Waals surface area contributed by atoms with Crippen LogP contribution in [0.5, 0.6) is 0 Å². The Morgan fingerprint density at radius 3 is 1.47 bits per heavy atom. The SMILES string of the molecule is N#Cc1ccc2sc3cc(-c4nc(-c5ccccc5)nc(-c5cccc(-c6cccc(-c7ccc8c(c7)-c7ccccc7C87c8ccccc8-c8ccccc87)c6)c5)n4)ccc3c2c1. The number of nitriles is 1.